The Balaban J connectivity index is 1.92. The molecule has 0 aromatic heterocycles. The van der Waals surface area contributed by atoms with Crippen LogP contribution in [0, 0.1) is 0 Å². The van der Waals surface area contributed by atoms with Crippen molar-refractivity contribution < 1.29 is 22.7 Å². The molecule has 1 heterocycles. The van der Waals surface area contributed by atoms with E-state index in [0.29, 0.717) is 32.8 Å². The number of rotatable bonds is 5. The average Bonchev–Trinajstić information content (AvgIpc) is 2.62. The van der Waals surface area contributed by atoms with E-state index in [-0.39, 0.29) is 10.8 Å². The van der Waals surface area contributed by atoms with Crippen LogP contribution in [0.3, 0.4) is 0 Å². The zero-order valence-electron chi connectivity index (χ0n) is 14.3. The van der Waals surface area contributed by atoms with Crippen LogP contribution in [0.5, 0.6) is 0 Å². The molecule has 25 heavy (non-hydrogen) atoms. The summed E-state index contributed by atoms with van der Waals surface area (Å²) in [5.74, 6) is -0.317. The first-order valence-corrected chi connectivity index (χ1v) is 9.61. The summed E-state index contributed by atoms with van der Waals surface area (Å²) in [7, 11) is -3.76. The van der Waals surface area contributed by atoms with Gasteiger partial charge in [-0.3, -0.25) is 4.79 Å². The van der Waals surface area contributed by atoms with Crippen molar-refractivity contribution in [3.05, 3.63) is 30.3 Å². The Bertz CT molecular complexity index is 700. The van der Waals surface area contributed by atoms with E-state index in [1.807, 2.05) is 0 Å². The SMILES string of the molecule is CCOC(=O)N1CCN(C(=O)[C@@H](C)NS(=O)(=O)c2ccccc2)CC1. The van der Waals surface area contributed by atoms with Crippen LogP contribution in [-0.2, 0) is 19.6 Å². The highest BCUT2D eigenvalue weighted by Crippen LogP contribution is 2.10. The zero-order valence-corrected chi connectivity index (χ0v) is 15.2. The first kappa shape index (κ1) is 19.2. The van der Waals surface area contributed by atoms with Gasteiger partial charge in [0.15, 0.2) is 0 Å². The third kappa shape index (κ3) is 4.93. The molecule has 0 saturated carbocycles. The second kappa shape index (κ2) is 8.30. The van der Waals surface area contributed by atoms with Gasteiger partial charge in [0.05, 0.1) is 17.5 Å². The molecule has 0 bridgehead atoms. The normalized spacial score (nSPS) is 16.4. The number of carbonyl (C=O) groups is 2. The summed E-state index contributed by atoms with van der Waals surface area (Å²) in [5, 5.41) is 0. The van der Waals surface area contributed by atoms with Crippen LogP contribution >= 0.6 is 0 Å². The molecule has 0 aliphatic carbocycles. The van der Waals surface area contributed by atoms with Crippen LogP contribution in [0.15, 0.2) is 35.2 Å². The van der Waals surface area contributed by atoms with Gasteiger partial charge >= 0.3 is 6.09 Å². The molecule has 1 fully saturated rings. The van der Waals surface area contributed by atoms with Crippen molar-refractivity contribution in [3.8, 4) is 0 Å². The molecule has 1 aromatic carbocycles. The molecule has 0 unspecified atom stereocenters. The van der Waals surface area contributed by atoms with E-state index < -0.39 is 22.2 Å². The van der Waals surface area contributed by atoms with E-state index in [1.165, 1.54) is 24.0 Å². The summed E-state index contributed by atoms with van der Waals surface area (Å²) in [6, 6.07) is 7.01. The fourth-order valence-corrected chi connectivity index (χ4v) is 3.77. The van der Waals surface area contributed by atoms with Gasteiger partial charge in [0, 0.05) is 26.2 Å². The molecule has 1 aliphatic heterocycles. The largest absolute Gasteiger partial charge is 0.450 e. The minimum atomic E-state index is -3.76. The molecule has 138 valence electrons. The fourth-order valence-electron chi connectivity index (χ4n) is 2.55. The lowest BCUT2D eigenvalue weighted by molar-refractivity contribution is -0.134. The number of benzene rings is 1. The Morgan fingerprint density at radius 1 is 1.12 bits per heavy atom. The summed E-state index contributed by atoms with van der Waals surface area (Å²) >= 11 is 0. The average molecular weight is 369 g/mol. The van der Waals surface area contributed by atoms with E-state index >= 15 is 0 Å². The van der Waals surface area contributed by atoms with Crippen LogP contribution in [0.1, 0.15) is 13.8 Å². The van der Waals surface area contributed by atoms with Crippen molar-refractivity contribution >= 4 is 22.0 Å². The number of hydrogen-bond donors (Lipinski definition) is 1. The van der Waals surface area contributed by atoms with Crippen molar-refractivity contribution in [2.75, 3.05) is 32.8 Å². The molecule has 8 nitrogen and oxygen atoms in total. The second-order valence-corrected chi connectivity index (χ2v) is 7.38. The van der Waals surface area contributed by atoms with E-state index in [0.717, 1.165) is 0 Å². The molecule has 1 aliphatic rings. The molecular weight excluding hydrogens is 346 g/mol. The number of ether oxygens (including phenoxy) is 1. The predicted molar refractivity (Wildman–Crippen MR) is 91.4 cm³/mol. The lowest BCUT2D eigenvalue weighted by Crippen LogP contribution is -2.55. The minimum absolute atomic E-state index is 0.113. The third-order valence-electron chi connectivity index (χ3n) is 3.87. The molecule has 1 aromatic rings. The van der Waals surface area contributed by atoms with Crippen molar-refractivity contribution in [2.45, 2.75) is 24.8 Å². The number of carbonyl (C=O) groups excluding carboxylic acids is 2. The highest BCUT2D eigenvalue weighted by atomic mass is 32.2. The van der Waals surface area contributed by atoms with Gasteiger partial charge in [-0.25, -0.2) is 13.2 Å². The molecule has 9 heteroatoms. The van der Waals surface area contributed by atoms with E-state index in [2.05, 4.69) is 4.72 Å². The van der Waals surface area contributed by atoms with Gasteiger partial charge in [-0.1, -0.05) is 18.2 Å². The Labute approximate surface area is 147 Å². The Kier molecular flexibility index (Phi) is 6.38. The zero-order chi connectivity index (χ0) is 18.4. The second-order valence-electron chi connectivity index (χ2n) is 5.67. The predicted octanol–water partition coefficient (Wildman–Crippen LogP) is 0.654. The summed E-state index contributed by atoms with van der Waals surface area (Å²) < 4.78 is 31.9. The maximum atomic E-state index is 12.5. The molecule has 2 rings (SSSR count). The van der Waals surface area contributed by atoms with Gasteiger partial charge < -0.3 is 14.5 Å². The molecule has 0 spiro atoms. The molecule has 0 radical (unpaired) electrons. The minimum Gasteiger partial charge on any atom is -0.450 e. The quantitative estimate of drug-likeness (QED) is 0.822. The van der Waals surface area contributed by atoms with Crippen LogP contribution in [-0.4, -0.2) is 69.0 Å². The number of hydrogen-bond acceptors (Lipinski definition) is 5. The Morgan fingerprint density at radius 3 is 2.24 bits per heavy atom. The first-order valence-electron chi connectivity index (χ1n) is 8.13. The molecule has 2 amide bonds. The van der Waals surface area contributed by atoms with Crippen LogP contribution in [0.25, 0.3) is 0 Å². The summed E-state index contributed by atoms with van der Waals surface area (Å²) in [5.41, 5.74) is 0. The Morgan fingerprint density at radius 2 is 1.68 bits per heavy atom. The first-order chi connectivity index (χ1) is 11.8. The van der Waals surface area contributed by atoms with Crippen molar-refractivity contribution in [1.82, 2.24) is 14.5 Å². The molecule has 1 N–H and O–H groups in total. The molecular formula is C16H23N3O5S. The number of sulfonamides is 1. The summed E-state index contributed by atoms with van der Waals surface area (Å²) in [6.45, 7) is 4.96. The van der Waals surface area contributed by atoms with Crippen LogP contribution in [0.2, 0.25) is 0 Å². The maximum Gasteiger partial charge on any atom is 0.409 e. The van der Waals surface area contributed by atoms with Crippen LogP contribution in [0.4, 0.5) is 4.79 Å². The van der Waals surface area contributed by atoms with Gasteiger partial charge in [0.25, 0.3) is 0 Å². The number of piperazine rings is 1. The van der Waals surface area contributed by atoms with E-state index in [1.54, 1.807) is 30.0 Å². The van der Waals surface area contributed by atoms with Gasteiger partial charge in [0.2, 0.25) is 15.9 Å². The van der Waals surface area contributed by atoms with Crippen molar-refractivity contribution in [3.63, 3.8) is 0 Å². The number of nitrogens with zero attached hydrogens (tertiary/aromatic N) is 2. The van der Waals surface area contributed by atoms with E-state index in [4.69, 9.17) is 4.74 Å². The number of nitrogens with one attached hydrogen (secondary N) is 1. The monoisotopic (exact) mass is 369 g/mol. The molecule has 1 atom stereocenters. The van der Waals surface area contributed by atoms with Crippen molar-refractivity contribution in [1.29, 1.82) is 0 Å². The summed E-state index contributed by atoms with van der Waals surface area (Å²) in [4.78, 5) is 27.3. The highest BCUT2D eigenvalue weighted by molar-refractivity contribution is 7.89. The maximum absolute atomic E-state index is 12.5. The van der Waals surface area contributed by atoms with Gasteiger partial charge in [-0.05, 0) is 26.0 Å². The highest BCUT2D eigenvalue weighted by Gasteiger charge is 2.29. The summed E-state index contributed by atoms with van der Waals surface area (Å²) in [6.07, 6.45) is -0.396. The van der Waals surface area contributed by atoms with Gasteiger partial charge in [-0.15, -0.1) is 0 Å². The van der Waals surface area contributed by atoms with Crippen LogP contribution < -0.4 is 4.72 Å². The lowest BCUT2D eigenvalue weighted by Gasteiger charge is -2.35. The fraction of sp³-hybridized carbons (Fsp3) is 0.500. The van der Waals surface area contributed by atoms with E-state index in [9.17, 15) is 18.0 Å². The third-order valence-corrected chi connectivity index (χ3v) is 5.43. The number of amides is 2. The topological polar surface area (TPSA) is 96.0 Å². The van der Waals surface area contributed by atoms with Crippen molar-refractivity contribution in [2.24, 2.45) is 0 Å². The Hall–Kier alpha value is -2.13. The van der Waals surface area contributed by atoms with Gasteiger partial charge in [0.1, 0.15) is 0 Å². The lowest BCUT2D eigenvalue weighted by atomic mass is 10.2. The van der Waals surface area contributed by atoms with Gasteiger partial charge in [-0.2, -0.15) is 4.72 Å². The smallest absolute Gasteiger partial charge is 0.409 e. The standard InChI is InChI=1S/C16H23N3O5S/c1-3-24-16(21)19-11-9-18(10-12-19)15(20)13(2)17-25(22,23)14-7-5-4-6-8-14/h4-8,13,17H,3,9-12H2,1-2H3/t13-/m1/s1. The molecule has 1 saturated heterocycles.